The molecule has 0 bridgehead atoms. The molecule has 2 heterocycles. The van der Waals surface area contributed by atoms with E-state index in [0.29, 0.717) is 12.6 Å². The van der Waals surface area contributed by atoms with E-state index in [9.17, 15) is 0 Å². The van der Waals surface area contributed by atoms with Crippen LogP contribution in [0.1, 0.15) is 5.69 Å². The number of likely N-dealkylation sites (N-methyl/N-ethyl adjacent to an activating group) is 1. The van der Waals surface area contributed by atoms with Crippen LogP contribution in [0.15, 0.2) is 10.9 Å². The van der Waals surface area contributed by atoms with E-state index in [0.717, 1.165) is 17.8 Å². The normalized spacial score (nSPS) is 23.2. The summed E-state index contributed by atoms with van der Waals surface area (Å²) >= 11 is 3.42. The van der Waals surface area contributed by atoms with Gasteiger partial charge in [0.15, 0.2) is 4.73 Å². The maximum absolute atomic E-state index is 5.68. The molecule has 0 amide bonds. The van der Waals surface area contributed by atoms with Gasteiger partial charge in [-0.15, -0.1) is 0 Å². The largest absolute Gasteiger partial charge is 0.329 e. The molecule has 0 aromatic carbocycles. The Kier molecular flexibility index (Phi) is 2.40. The standard InChI is InChI=1S/C8H13BrN4/c1-12-4-7-3-11-8(9)13(7)5-6(12)2-10/h3,6H,2,4-5,10H2,1H3. The molecule has 1 unspecified atom stereocenters. The average molecular weight is 245 g/mol. The van der Waals surface area contributed by atoms with Gasteiger partial charge in [0.2, 0.25) is 0 Å². The summed E-state index contributed by atoms with van der Waals surface area (Å²) in [6.45, 7) is 2.56. The highest BCUT2D eigenvalue weighted by molar-refractivity contribution is 9.10. The molecular weight excluding hydrogens is 232 g/mol. The van der Waals surface area contributed by atoms with Crippen molar-refractivity contribution in [2.45, 2.75) is 19.1 Å². The fraction of sp³-hybridized carbons (Fsp3) is 0.625. The number of rotatable bonds is 1. The minimum atomic E-state index is 0.429. The molecule has 0 fully saturated rings. The highest BCUT2D eigenvalue weighted by Crippen LogP contribution is 2.20. The van der Waals surface area contributed by atoms with Crippen LogP contribution in [-0.4, -0.2) is 34.1 Å². The molecular formula is C8H13BrN4. The van der Waals surface area contributed by atoms with Gasteiger partial charge in [-0.2, -0.15) is 0 Å². The minimum Gasteiger partial charge on any atom is -0.329 e. The maximum Gasteiger partial charge on any atom is 0.177 e. The lowest BCUT2D eigenvalue weighted by Crippen LogP contribution is -2.44. The van der Waals surface area contributed by atoms with E-state index < -0.39 is 0 Å². The monoisotopic (exact) mass is 244 g/mol. The van der Waals surface area contributed by atoms with Crippen molar-refractivity contribution in [1.82, 2.24) is 14.5 Å². The Morgan fingerprint density at radius 1 is 1.77 bits per heavy atom. The Hall–Kier alpha value is -0.390. The number of fused-ring (bicyclic) bond motifs is 1. The zero-order chi connectivity index (χ0) is 9.42. The van der Waals surface area contributed by atoms with Crippen molar-refractivity contribution < 1.29 is 0 Å². The Bertz CT molecular complexity index is 309. The molecule has 13 heavy (non-hydrogen) atoms. The summed E-state index contributed by atoms with van der Waals surface area (Å²) in [5.41, 5.74) is 6.93. The van der Waals surface area contributed by atoms with Crippen LogP contribution in [0.3, 0.4) is 0 Å². The Morgan fingerprint density at radius 2 is 2.54 bits per heavy atom. The third-order valence-corrected chi connectivity index (χ3v) is 3.22. The van der Waals surface area contributed by atoms with Crippen molar-refractivity contribution in [1.29, 1.82) is 0 Å². The number of nitrogens with two attached hydrogens (primary N) is 1. The van der Waals surface area contributed by atoms with Crippen LogP contribution in [0.4, 0.5) is 0 Å². The number of hydrogen-bond acceptors (Lipinski definition) is 3. The summed E-state index contributed by atoms with van der Waals surface area (Å²) in [6, 6.07) is 0.429. The second-order valence-corrected chi connectivity index (χ2v) is 4.14. The molecule has 0 radical (unpaired) electrons. The molecule has 1 aromatic rings. The van der Waals surface area contributed by atoms with Gasteiger partial charge in [0.1, 0.15) is 0 Å². The first kappa shape index (κ1) is 9.18. The van der Waals surface area contributed by atoms with E-state index in [1.54, 1.807) is 0 Å². The van der Waals surface area contributed by atoms with E-state index in [2.05, 4.69) is 37.4 Å². The molecule has 2 N–H and O–H groups in total. The first-order valence-corrected chi connectivity index (χ1v) is 5.12. The van der Waals surface area contributed by atoms with Gasteiger partial charge in [0, 0.05) is 25.7 Å². The molecule has 1 aliphatic heterocycles. The van der Waals surface area contributed by atoms with E-state index in [1.807, 2.05) is 6.20 Å². The first-order valence-electron chi connectivity index (χ1n) is 4.32. The molecule has 0 saturated carbocycles. The average Bonchev–Trinajstić information content (AvgIpc) is 2.46. The fourth-order valence-corrected chi connectivity index (χ4v) is 2.17. The van der Waals surface area contributed by atoms with Gasteiger partial charge in [-0.1, -0.05) is 0 Å². The molecule has 4 nitrogen and oxygen atoms in total. The predicted molar refractivity (Wildman–Crippen MR) is 54.2 cm³/mol. The number of halogens is 1. The van der Waals surface area contributed by atoms with Crippen LogP contribution in [-0.2, 0) is 13.1 Å². The lowest BCUT2D eigenvalue weighted by molar-refractivity contribution is 0.181. The molecule has 0 aliphatic carbocycles. The lowest BCUT2D eigenvalue weighted by atomic mass is 10.2. The topological polar surface area (TPSA) is 47.1 Å². The zero-order valence-electron chi connectivity index (χ0n) is 7.57. The van der Waals surface area contributed by atoms with E-state index in [1.165, 1.54) is 5.69 Å². The summed E-state index contributed by atoms with van der Waals surface area (Å²) in [5, 5.41) is 0. The van der Waals surface area contributed by atoms with Crippen molar-refractivity contribution in [2.24, 2.45) is 5.73 Å². The van der Waals surface area contributed by atoms with E-state index in [4.69, 9.17) is 5.73 Å². The van der Waals surface area contributed by atoms with Gasteiger partial charge in [0.05, 0.1) is 11.9 Å². The molecule has 5 heteroatoms. The van der Waals surface area contributed by atoms with Crippen LogP contribution >= 0.6 is 15.9 Å². The lowest BCUT2D eigenvalue weighted by Gasteiger charge is -2.32. The molecule has 0 spiro atoms. The van der Waals surface area contributed by atoms with Crippen molar-refractivity contribution in [3.05, 3.63) is 16.6 Å². The Morgan fingerprint density at radius 3 is 3.23 bits per heavy atom. The van der Waals surface area contributed by atoms with Gasteiger partial charge in [-0.25, -0.2) is 4.98 Å². The van der Waals surface area contributed by atoms with Crippen LogP contribution in [0.2, 0.25) is 0 Å². The summed E-state index contributed by atoms with van der Waals surface area (Å²) < 4.78 is 3.09. The van der Waals surface area contributed by atoms with Crippen molar-refractivity contribution in [3.63, 3.8) is 0 Å². The third kappa shape index (κ3) is 1.51. The van der Waals surface area contributed by atoms with Crippen molar-refractivity contribution in [2.75, 3.05) is 13.6 Å². The van der Waals surface area contributed by atoms with Crippen LogP contribution in [0, 0.1) is 0 Å². The summed E-state index contributed by atoms with van der Waals surface area (Å²) in [6.07, 6.45) is 1.91. The van der Waals surface area contributed by atoms with E-state index in [-0.39, 0.29) is 0 Å². The smallest absolute Gasteiger partial charge is 0.177 e. The highest BCUT2D eigenvalue weighted by Gasteiger charge is 2.23. The van der Waals surface area contributed by atoms with Crippen molar-refractivity contribution >= 4 is 15.9 Å². The summed E-state index contributed by atoms with van der Waals surface area (Å²) in [4.78, 5) is 6.48. The van der Waals surface area contributed by atoms with Gasteiger partial charge in [-0.05, 0) is 23.0 Å². The van der Waals surface area contributed by atoms with E-state index >= 15 is 0 Å². The molecule has 1 atom stereocenters. The third-order valence-electron chi connectivity index (χ3n) is 2.59. The van der Waals surface area contributed by atoms with Gasteiger partial charge >= 0.3 is 0 Å². The molecule has 0 saturated heterocycles. The maximum atomic E-state index is 5.68. The molecule has 72 valence electrons. The van der Waals surface area contributed by atoms with Crippen LogP contribution in [0.25, 0.3) is 0 Å². The van der Waals surface area contributed by atoms with Gasteiger partial charge < -0.3 is 10.3 Å². The number of hydrogen-bond donors (Lipinski definition) is 1. The SMILES string of the molecule is CN1Cc2cnc(Br)n2CC1CN. The van der Waals surface area contributed by atoms with Gasteiger partial charge in [0.25, 0.3) is 0 Å². The van der Waals surface area contributed by atoms with Crippen molar-refractivity contribution in [3.8, 4) is 0 Å². The number of aromatic nitrogens is 2. The first-order chi connectivity index (χ1) is 6.22. The second-order valence-electron chi connectivity index (χ2n) is 3.43. The molecule has 2 rings (SSSR count). The summed E-state index contributed by atoms with van der Waals surface area (Å²) in [7, 11) is 2.10. The predicted octanol–water partition coefficient (Wildman–Crippen LogP) is 0.418. The van der Waals surface area contributed by atoms with Crippen LogP contribution in [0.5, 0.6) is 0 Å². The number of imidazole rings is 1. The van der Waals surface area contributed by atoms with Crippen LogP contribution < -0.4 is 5.73 Å². The Labute approximate surface area is 85.9 Å². The van der Waals surface area contributed by atoms with Gasteiger partial charge in [-0.3, -0.25) is 4.90 Å². The zero-order valence-corrected chi connectivity index (χ0v) is 9.16. The fourth-order valence-electron chi connectivity index (χ4n) is 1.69. The quantitative estimate of drug-likeness (QED) is 0.779. The highest BCUT2D eigenvalue weighted by atomic mass is 79.9. The minimum absolute atomic E-state index is 0.429. The summed E-state index contributed by atoms with van der Waals surface area (Å²) in [5.74, 6) is 0. The molecule has 1 aliphatic rings. The second kappa shape index (κ2) is 3.40. The number of nitrogens with zero attached hydrogens (tertiary/aromatic N) is 3. The molecule has 1 aromatic heterocycles. The Balaban J connectivity index is 2.30.